The van der Waals surface area contributed by atoms with Crippen molar-refractivity contribution >= 4 is 5.97 Å². The van der Waals surface area contributed by atoms with E-state index in [-0.39, 0.29) is 6.54 Å². The SMILES string of the molecule is CC(C)N(CC(=O)O)C1CCCC(C)(C)C1. The average molecular weight is 227 g/mol. The second-order valence-electron chi connectivity index (χ2n) is 6.07. The lowest BCUT2D eigenvalue weighted by Gasteiger charge is -2.42. The molecule has 1 aliphatic carbocycles. The number of hydrogen-bond donors (Lipinski definition) is 1. The Morgan fingerprint density at radius 2 is 2.12 bits per heavy atom. The highest BCUT2D eigenvalue weighted by atomic mass is 16.4. The van der Waals surface area contributed by atoms with Crippen LogP contribution in [0, 0.1) is 5.41 Å². The van der Waals surface area contributed by atoms with E-state index in [1.165, 1.54) is 12.8 Å². The molecule has 0 amide bonds. The fraction of sp³-hybridized carbons (Fsp3) is 0.923. The molecule has 0 aliphatic heterocycles. The van der Waals surface area contributed by atoms with Gasteiger partial charge in [-0.2, -0.15) is 0 Å². The third kappa shape index (κ3) is 3.78. The molecule has 0 saturated heterocycles. The van der Waals surface area contributed by atoms with Gasteiger partial charge in [0.25, 0.3) is 0 Å². The van der Waals surface area contributed by atoms with Crippen molar-refractivity contribution in [2.24, 2.45) is 5.41 Å². The minimum atomic E-state index is -0.711. The van der Waals surface area contributed by atoms with Crippen molar-refractivity contribution in [1.29, 1.82) is 0 Å². The van der Waals surface area contributed by atoms with Crippen molar-refractivity contribution in [3.8, 4) is 0 Å². The average Bonchev–Trinajstić information content (AvgIpc) is 2.11. The Hall–Kier alpha value is -0.570. The largest absolute Gasteiger partial charge is 0.480 e. The van der Waals surface area contributed by atoms with Crippen LogP contribution in [-0.4, -0.2) is 34.6 Å². The molecule has 3 nitrogen and oxygen atoms in total. The van der Waals surface area contributed by atoms with Crippen molar-refractivity contribution < 1.29 is 9.90 Å². The number of rotatable bonds is 4. The topological polar surface area (TPSA) is 40.5 Å². The van der Waals surface area contributed by atoms with Gasteiger partial charge in [0.15, 0.2) is 0 Å². The molecule has 1 unspecified atom stereocenters. The maximum atomic E-state index is 10.9. The first kappa shape index (κ1) is 13.5. The van der Waals surface area contributed by atoms with Gasteiger partial charge in [-0.25, -0.2) is 0 Å². The van der Waals surface area contributed by atoms with Crippen molar-refractivity contribution in [1.82, 2.24) is 4.90 Å². The van der Waals surface area contributed by atoms with Crippen LogP contribution in [0.25, 0.3) is 0 Å². The Labute approximate surface area is 98.8 Å². The van der Waals surface area contributed by atoms with E-state index in [4.69, 9.17) is 5.11 Å². The Morgan fingerprint density at radius 1 is 1.50 bits per heavy atom. The number of hydrogen-bond acceptors (Lipinski definition) is 2. The lowest BCUT2D eigenvalue weighted by molar-refractivity contribution is -0.140. The standard InChI is InChI=1S/C13H25NO2/c1-10(2)14(9-12(15)16)11-6-5-7-13(3,4)8-11/h10-11H,5-9H2,1-4H3,(H,15,16). The van der Waals surface area contributed by atoms with Crippen LogP contribution >= 0.6 is 0 Å². The fourth-order valence-electron chi connectivity index (χ4n) is 2.83. The van der Waals surface area contributed by atoms with E-state index in [9.17, 15) is 4.79 Å². The molecule has 0 aromatic heterocycles. The lowest BCUT2D eigenvalue weighted by atomic mass is 9.74. The molecule has 16 heavy (non-hydrogen) atoms. The molecule has 0 aromatic rings. The van der Waals surface area contributed by atoms with Gasteiger partial charge < -0.3 is 5.11 Å². The van der Waals surface area contributed by atoms with Crippen LogP contribution in [0.3, 0.4) is 0 Å². The van der Waals surface area contributed by atoms with Crippen LogP contribution in [0.15, 0.2) is 0 Å². The second kappa shape index (κ2) is 5.17. The van der Waals surface area contributed by atoms with E-state index in [2.05, 4.69) is 32.6 Å². The number of nitrogens with zero attached hydrogens (tertiary/aromatic N) is 1. The molecule has 1 rings (SSSR count). The van der Waals surface area contributed by atoms with E-state index in [1.807, 2.05) is 0 Å². The summed E-state index contributed by atoms with van der Waals surface area (Å²) in [6.45, 7) is 8.93. The maximum absolute atomic E-state index is 10.9. The first-order valence-electron chi connectivity index (χ1n) is 6.29. The minimum Gasteiger partial charge on any atom is -0.480 e. The van der Waals surface area contributed by atoms with E-state index in [1.54, 1.807) is 0 Å². The van der Waals surface area contributed by atoms with Crippen LogP contribution in [0.2, 0.25) is 0 Å². The molecular formula is C13H25NO2. The van der Waals surface area contributed by atoms with Crippen molar-refractivity contribution in [2.45, 2.75) is 65.5 Å². The van der Waals surface area contributed by atoms with Crippen LogP contribution < -0.4 is 0 Å². The van der Waals surface area contributed by atoms with Gasteiger partial charge in [0.1, 0.15) is 0 Å². The third-order valence-corrected chi connectivity index (χ3v) is 3.63. The third-order valence-electron chi connectivity index (χ3n) is 3.63. The molecule has 94 valence electrons. The molecule has 0 heterocycles. The summed E-state index contributed by atoms with van der Waals surface area (Å²) in [5.41, 5.74) is 0.370. The Kier molecular flexibility index (Phi) is 4.36. The quantitative estimate of drug-likeness (QED) is 0.803. The van der Waals surface area contributed by atoms with Gasteiger partial charge in [0.05, 0.1) is 6.54 Å². The summed E-state index contributed by atoms with van der Waals surface area (Å²) in [5, 5.41) is 8.95. The summed E-state index contributed by atoms with van der Waals surface area (Å²) in [6.07, 6.45) is 4.76. The number of carbonyl (C=O) groups is 1. The normalized spacial score (nSPS) is 25.0. The van der Waals surface area contributed by atoms with Gasteiger partial charge in [0.2, 0.25) is 0 Å². The molecule has 3 heteroatoms. The fourth-order valence-corrected chi connectivity index (χ4v) is 2.83. The summed E-state index contributed by atoms with van der Waals surface area (Å²) in [5.74, 6) is -0.711. The molecule has 0 aromatic carbocycles. The van der Waals surface area contributed by atoms with Gasteiger partial charge in [0, 0.05) is 12.1 Å². The molecule has 0 spiro atoms. The highest BCUT2D eigenvalue weighted by Gasteiger charge is 2.33. The van der Waals surface area contributed by atoms with Crippen LogP contribution in [0.5, 0.6) is 0 Å². The van der Waals surface area contributed by atoms with E-state index < -0.39 is 5.97 Å². The first-order chi connectivity index (χ1) is 7.32. The van der Waals surface area contributed by atoms with Gasteiger partial charge in [-0.15, -0.1) is 0 Å². The van der Waals surface area contributed by atoms with Crippen LogP contribution in [-0.2, 0) is 4.79 Å². The molecule has 0 radical (unpaired) electrons. The smallest absolute Gasteiger partial charge is 0.317 e. The highest BCUT2D eigenvalue weighted by molar-refractivity contribution is 5.69. The van der Waals surface area contributed by atoms with Gasteiger partial charge in [-0.3, -0.25) is 9.69 Å². The Balaban J connectivity index is 2.67. The van der Waals surface area contributed by atoms with Crippen molar-refractivity contribution in [3.63, 3.8) is 0 Å². The Morgan fingerprint density at radius 3 is 2.56 bits per heavy atom. The zero-order valence-corrected chi connectivity index (χ0v) is 11.0. The van der Waals surface area contributed by atoms with Crippen LogP contribution in [0.1, 0.15) is 53.4 Å². The zero-order valence-electron chi connectivity index (χ0n) is 11.0. The molecule has 1 atom stereocenters. The number of carboxylic acids is 1. The number of carboxylic acid groups (broad SMARTS) is 1. The second-order valence-corrected chi connectivity index (χ2v) is 6.07. The molecule has 1 saturated carbocycles. The van der Waals surface area contributed by atoms with E-state index in [0.717, 1.165) is 12.8 Å². The van der Waals surface area contributed by atoms with Crippen molar-refractivity contribution in [3.05, 3.63) is 0 Å². The predicted octanol–water partition coefficient (Wildman–Crippen LogP) is 2.75. The number of aliphatic carboxylic acids is 1. The molecule has 0 bridgehead atoms. The zero-order chi connectivity index (χ0) is 12.3. The van der Waals surface area contributed by atoms with Crippen LogP contribution in [0.4, 0.5) is 0 Å². The molecular weight excluding hydrogens is 202 g/mol. The Bertz CT molecular complexity index is 248. The first-order valence-corrected chi connectivity index (χ1v) is 6.29. The predicted molar refractivity (Wildman–Crippen MR) is 65.5 cm³/mol. The van der Waals surface area contributed by atoms with E-state index in [0.29, 0.717) is 17.5 Å². The summed E-state index contributed by atoms with van der Waals surface area (Å²) < 4.78 is 0. The molecule has 1 fully saturated rings. The summed E-state index contributed by atoms with van der Waals surface area (Å²) >= 11 is 0. The highest BCUT2D eigenvalue weighted by Crippen LogP contribution is 2.37. The summed E-state index contributed by atoms with van der Waals surface area (Å²) in [4.78, 5) is 13.0. The summed E-state index contributed by atoms with van der Waals surface area (Å²) in [7, 11) is 0. The van der Waals surface area contributed by atoms with Gasteiger partial charge in [-0.05, 0) is 38.5 Å². The lowest BCUT2D eigenvalue weighted by Crippen LogP contribution is -2.47. The molecule has 1 N–H and O–H groups in total. The van der Waals surface area contributed by atoms with E-state index >= 15 is 0 Å². The minimum absolute atomic E-state index is 0.179. The van der Waals surface area contributed by atoms with Gasteiger partial charge >= 0.3 is 5.97 Å². The maximum Gasteiger partial charge on any atom is 0.317 e. The molecule has 1 aliphatic rings. The van der Waals surface area contributed by atoms with Crippen molar-refractivity contribution in [2.75, 3.05) is 6.54 Å². The monoisotopic (exact) mass is 227 g/mol. The van der Waals surface area contributed by atoms with Gasteiger partial charge in [-0.1, -0.05) is 20.3 Å². The summed E-state index contributed by atoms with van der Waals surface area (Å²) in [6, 6.07) is 0.759.